The van der Waals surface area contributed by atoms with Gasteiger partial charge in [-0.2, -0.15) is 0 Å². The highest BCUT2D eigenvalue weighted by molar-refractivity contribution is 6.91. The third kappa shape index (κ3) is 4.12. The van der Waals surface area contributed by atoms with Crippen molar-refractivity contribution >= 4 is 46.2 Å². The minimum atomic E-state index is -0.0929. The second-order valence-electron chi connectivity index (χ2n) is 13.5. The Bertz CT molecular complexity index is 1690. The summed E-state index contributed by atoms with van der Waals surface area (Å²) in [4.78, 5) is 5.11. The molecule has 0 unspecified atom stereocenters. The van der Waals surface area contributed by atoms with Crippen molar-refractivity contribution in [2.24, 2.45) is 0 Å². The summed E-state index contributed by atoms with van der Waals surface area (Å²) in [5, 5.41) is 0. The van der Waals surface area contributed by atoms with Crippen LogP contribution in [0.15, 0.2) is 115 Å². The fraction of sp³-hybridized carbons (Fsp3) is 0.211. The van der Waals surface area contributed by atoms with Gasteiger partial charge in [-0.05, 0) is 69.3 Å². The molecule has 0 radical (unpaired) electrons. The molecule has 0 N–H and O–H groups in total. The molecule has 7 rings (SSSR count). The van der Waals surface area contributed by atoms with Crippen LogP contribution in [0.2, 0.25) is 0 Å². The lowest BCUT2D eigenvalue weighted by molar-refractivity contribution is 0.487. The van der Waals surface area contributed by atoms with Gasteiger partial charge in [-0.25, -0.2) is 0 Å². The van der Waals surface area contributed by atoms with Crippen molar-refractivity contribution in [1.82, 2.24) is 0 Å². The van der Waals surface area contributed by atoms with Gasteiger partial charge in [0.15, 0.2) is 0 Å². The number of hydrogen-bond donors (Lipinski definition) is 0. The molecule has 0 fully saturated rings. The van der Waals surface area contributed by atoms with Crippen molar-refractivity contribution < 1.29 is 4.74 Å². The number of rotatable bonds is 2. The Hall–Kier alpha value is -4.44. The maximum Gasteiger partial charge on any atom is 0.335 e. The zero-order valence-electron chi connectivity index (χ0n) is 25.3. The van der Waals surface area contributed by atoms with E-state index >= 15 is 0 Å². The molecular weight excluding hydrogens is 511 g/mol. The van der Waals surface area contributed by atoms with Crippen LogP contribution in [-0.2, 0) is 10.8 Å². The summed E-state index contributed by atoms with van der Waals surface area (Å²) in [5.74, 6) is 1.83. The summed E-state index contributed by atoms with van der Waals surface area (Å²) < 4.78 is 6.52. The molecule has 0 amide bonds. The largest absolute Gasteiger partial charge is 0.458 e. The van der Waals surface area contributed by atoms with E-state index in [9.17, 15) is 0 Å². The summed E-state index contributed by atoms with van der Waals surface area (Å²) >= 11 is 0. The van der Waals surface area contributed by atoms with E-state index in [-0.39, 0.29) is 17.7 Å². The fourth-order valence-corrected chi connectivity index (χ4v) is 6.66. The van der Waals surface area contributed by atoms with Gasteiger partial charge in [0.2, 0.25) is 0 Å². The van der Waals surface area contributed by atoms with E-state index in [2.05, 4.69) is 167 Å². The van der Waals surface area contributed by atoms with E-state index in [4.69, 9.17) is 4.74 Å². The Labute approximate surface area is 250 Å². The van der Waals surface area contributed by atoms with Gasteiger partial charge in [-0.3, -0.25) is 0 Å². The summed E-state index contributed by atoms with van der Waals surface area (Å²) in [7, 11) is 0. The third-order valence-electron chi connectivity index (χ3n) is 8.53. The molecule has 4 heteroatoms. The third-order valence-corrected chi connectivity index (χ3v) is 8.53. The van der Waals surface area contributed by atoms with Crippen molar-refractivity contribution in [3.63, 3.8) is 0 Å². The number of para-hydroxylation sites is 5. The summed E-state index contributed by atoms with van der Waals surface area (Å²) in [5.41, 5.74) is 10.8. The average Bonchev–Trinajstić information content (AvgIpc) is 2.97. The predicted octanol–water partition coefficient (Wildman–Crippen LogP) is 9.11. The minimum absolute atomic E-state index is 0.0754. The monoisotopic (exact) mass is 548 g/mol. The summed E-state index contributed by atoms with van der Waals surface area (Å²) in [6.45, 7) is 13.9. The maximum atomic E-state index is 6.52. The molecule has 0 atom stereocenters. The molecule has 208 valence electrons. The number of ether oxygens (including phenoxy) is 1. The lowest BCUT2D eigenvalue weighted by Crippen LogP contribution is -2.59. The molecule has 0 bridgehead atoms. The van der Waals surface area contributed by atoms with Gasteiger partial charge in [0, 0.05) is 5.69 Å². The highest BCUT2D eigenvalue weighted by Crippen LogP contribution is 2.57. The number of hydrogen-bond acceptors (Lipinski definition) is 3. The van der Waals surface area contributed by atoms with Crippen molar-refractivity contribution in [2.75, 3.05) is 9.71 Å². The summed E-state index contributed by atoms with van der Waals surface area (Å²) in [6, 6.07) is 41.5. The van der Waals surface area contributed by atoms with Crippen molar-refractivity contribution in [1.29, 1.82) is 0 Å². The van der Waals surface area contributed by atoms with Crippen LogP contribution in [0.3, 0.4) is 0 Å². The van der Waals surface area contributed by atoms with Crippen LogP contribution in [-0.4, -0.2) is 6.85 Å². The Kier molecular flexibility index (Phi) is 6.02. The molecule has 0 spiro atoms. The topological polar surface area (TPSA) is 15.7 Å². The molecule has 2 aliphatic heterocycles. The molecule has 5 aromatic carbocycles. The first kappa shape index (κ1) is 26.5. The van der Waals surface area contributed by atoms with Crippen LogP contribution < -0.4 is 25.4 Å². The highest BCUT2D eigenvalue weighted by atomic mass is 16.5. The molecule has 3 nitrogen and oxygen atoms in total. The lowest BCUT2D eigenvalue weighted by atomic mass is 9.46. The van der Waals surface area contributed by atoms with Crippen LogP contribution >= 0.6 is 0 Å². The average molecular weight is 549 g/mol. The molecule has 0 saturated heterocycles. The van der Waals surface area contributed by atoms with Gasteiger partial charge < -0.3 is 14.4 Å². The van der Waals surface area contributed by atoms with Gasteiger partial charge in [0.1, 0.15) is 11.5 Å². The Morgan fingerprint density at radius 1 is 0.500 bits per heavy atom. The second kappa shape index (κ2) is 9.56. The SMILES string of the molecule is CC(C)(C)c1cccc2c1N(B1c3ccccc3Oc3ccccc31)c1c(cccc1C(C)(C)C)N2c1ccccc1. The van der Waals surface area contributed by atoms with E-state index in [1.807, 2.05) is 0 Å². The molecular formula is C38H37BN2O. The zero-order valence-corrected chi connectivity index (χ0v) is 25.3. The first-order chi connectivity index (χ1) is 20.1. The van der Waals surface area contributed by atoms with Gasteiger partial charge in [0.05, 0.1) is 22.7 Å². The van der Waals surface area contributed by atoms with Crippen molar-refractivity contribution in [2.45, 2.75) is 52.4 Å². The number of nitrogens with zero attached hydrogens (tertiary/aromatic N) is 2. The predicted molar refractivity (Wildman–Crippen MR) is 179 cm³/mol. The fourth-order valence-electron chi connectivity index (χ4n) is 6.66. The van der Waals surface area contributed by atoms with E-state index in [1.165, 1.54) is 44.8 Å². The van der Waals surface area contributed by atoms with Crippen LogP contribution in [0.1, 0.15) is 52.7 Å². The Balaban J connectivity index is 1.65. The van der Waals surface area contributed by atoms with Crippen LogP contribution in [0.5, 0.6) is 11.5 Å². The maximum absolute atomic E-state index is 6.52. The van der Waals surface area contributed by atoms with Crippen molar-refractivity contribution in [3.8, 4) is 11.5 Å². The van der Waals surface area contributed by atoms with Gasteiger partial charge in [-0.15, -0.1) is 0 Å². The molecule has 2 aliphatic rings. The number of fused-ring (bicyclic) bond motifs is 4. The lowest BCUT2D eigenvalue weighted by Gasteiger charge is -2.48. The zero-order chi connectivity index (χ0) is 29.2. The quantitative estimate of drug-likeness (QED) is 0.205. The van der Waals surface area contributed by atoms with Crippen LogP contribution in [0.25, 0.3) is 0 Å². The van der Waals surface area contributed by atoms with E-state index in [0.29, 0.717) is 0 Å². The minimum Gasteiger partial charge on any atom is -0.458 e. The molecule has 5 aromatic rings. The first-order valence-corrected chi connectivity index (χ1v) is 14.9. The van der Waals surface area contributed by atoms with Gasteiger partial charge in [-0.1, -0.05) is 120 Å². The summed E-state index contributed by atoms with van der Waals surface area (Å²) in [6.07, 6.45) is 0. The normalized spacial score (nSPS) is 14.0. The van der Waals surface area contributed by atoms with E-state index in [0.717, 1.165) is 17.2 Å². The molecule has 2 heterocycles. The Morgan fingerprint density at radius 2 is 0.952 bits per heavy atom. The van der Waals surface area contributed by atoms with Crippen molar-refractivity contribution in [3.05, 3.63) is 126 Å². The Morgan fingerprint density at radius 3 is 1.43 bits per heavy atom. The highest BCUT2D eigenvalue weighted by Gasteiger charge is 2.45. The molecule has 0 saturated carbocycles. The van der Waals surface area contributed by atoms with E-state index in [1.54, 1.807) is 0 Å². The van der Waals surface area contributed by atoms with Crippen LogP contribution in [0.4, 0.5) is 28.4 Å². The first-order valence-electron chi connectivity index (χ1n) is 14.9. The molecule has 42 heavy (non-hydrogen) atoms. The standard InChI is InChI=1S/C38H37BN2O/c1-37(2,3)27-18-14-22-31-35(27)41(39-29-20-10-12-24-33(29)42-34-25-13-11-21-30(34)39)36-28(38(4,5)6)19-15-23-32(36)40(31)26-16-8-7-9-17-26/h7-25H,1-6H3. The number of anilines is 5. The van der Waals surface area contributed by atoms with Gasteiger partial charge >= 0.3 is 6.85 Å². The molecule has 0 aromatic heterocycles. The van der Waals surface area contributed by atoms with Crippen LogP contribution in [0, 0.1) is 0 Å². The molecule has 0 aliphatic carbocycles. The smallest absolute Gasteiger partial charge is 0.335 e. The van der Waals surface area contributed by atoms with E-state index < -0.39 is 0 Å². The number of benzene rings is 5. The second-order valence-corrected chi connectivity index (χ2v) is 13.5. The van der Waals surface area contributed by atoms with Gasteiger partial charge in [0.25, 0.3) is 0 Å².